The zero-order valence-electron chi connectivity index (χ0n) is 13.1. The van der Waals surface area contributed by atoms with E-state index in [0.29, 0.717) is 0 Å². The van der Waals surface area contributed by atoms with Crippen molar-refractivity contribution in [1.29, 1.82) is 0 Å². The van der Waals surface area contributed by atoms with Crippen LogP contribution in [0.3, 0.4) is 0 Å². The SMILES string of the molecule is CN(C)CCc1sc2ccccc2c1Cc1nn(C)cc1Cl. The van der Waals surface area contributed by atoms with Crippen molar-refractivity contribution < 1.29 is 0 Å². The summed E-state index contributed by atoms with van der Waals surface area (Å²) in [6.45, 7) is 1.05. The van der Waals surface area contributed by atoms with Gasteiger partial charge in [0.2, 0.25) is 0 Å². The van der Waals surface area contributed by atoms with Gasteiger partial charge in [-0.1, -0.05) is 29.8 Å². The zero-order valence-corrected chi connectivity index (χ0v) is 14.7. The van der Waals surface area contributed by atoms with Crippen molar-refractivity contribution in [3.05, 3.63) is 51.6 Å². The van der Waals surface area contributed by atoms with Gasteiger partial charge in [0.15, 0.2) is 0 Å². The first-order valence-corrected chi connectivity index (χ1v) is 8.56. The van der Waals surface area contributed by atoms with E-state index in [1.807, 2.05) is 24.6 Å². The number of thiophene rings is 1. The highest BCUT2D eigenvalue weighted by molar-refractivity contribution is 7.19. The van der Waals surface area contributed by atoms with Gasteiger partial charge in [-0.25, -0.2) is 0 Å². The Bertz CT molecular complexity index is 788. The Labute approximate surface area is 140 Å². The van der Waals surface area contributed by atoms with Gasteiger partial charge < -0.3 is 4.90 Å². The topological polar surface area (TPSA) is 21.1 Å². The minimum absolute atomic E-state index is 0.747. The number of aryl methyl sites for hydroxylation is 1. The Hall–Kier alpha value is -1.36. The smallest absolute Gasteiger partial charge is 0.0855 e. The van der Waals surface area contributed by atoms with Gasteiger partial charge in [0, 0.05) is 35.8 Å². The van der Waals surface area contributed by atoms with Crippen LogP contribution < -0.4 is 0 Å². The van der Waals surface area contributed by atoms with Crippen LogP contribution in [0.4, 0.5) is 0 Å². The van der Waals surface area contributed by atoms with Crippen LogP contribution in [0, 0.1) is 0 Å². The first kappa shape index (κ1) is 15.5. The summed E-state index contributed by atoms with van der Waals surface area (Å²) in [5.41, 5.74) is 2.34. The number of benzene rings is 1. The van der Waals surface area contributed by atoms with Crippen molar-refractivity contribution >= 4 is 33.0 Å². The predicted octanol–water partition coefficient (Wildman–Crippen LogP) is 3.98. The molecule has 0 bridgehead atoms. The lowest BCUT2D eigenvalue weighted by atomic mass is 10.0. The molecule has 1 aromatic carbocycles. The second-order valence-electron chi connectivity index (χ2n) is 5.83. The molecular formula is C17H20ClN3S. The van der Waals surface area contributed by atoms with E-state index in [0.717, 1.165) is 30.1 Å². The lowest BCUT2D eigenvalue weighted by Crippen LogP contribution is -2.15. The van der Waals surface area contributed by atoms with Gasteiger partial charge in [0.25, 0.3) is 0 Å². The molecule has 0 aliphatic rings. The van der Waals surface area contributed by atoms with Gasteiger partial charge in [0.1, 0.15) is 0 Å². The lowest BCUT2D eigenvalue weighted by Gasteiger charge is -2.09. The molecule has 0 aliphatic carbocycles. The van der Waals surface area contributed by atoms with Crippen LogP contribution in [0.15, 0.2) is 30.5 Å². The first-order valence-electron chi connectivity index (χ1n) is 7.36. The van der Waals surface area contributed by atoms with Crippen molar-refractivity contribution in [1.82, 2.24) is 14.7 Å². The number of fused-ring (bicyclic) bond motifs is 1. The highest BCUT2D eigenvalue weighted by Gasteiger charge is 2.15. The molecule has 0 fully saturated rings. The van der Waals surface area contributed by atoms with Crippen LogP contribution in [-0.2, 0) is 19.9 Å². The van der Waals surface area contributed by atoms with Crippen LogP contribution in [0.25, 0.3) is 10.1 Å². The van der Waals surface area contributed by atoms with E-state index in [4.69, 9.17) is 11.6 Å². The monoisotopic (exact) mass is 333 g/mol. The van der Waals surface area contributed by atoms with Crippen LogP contribution in [0.2, 0.25) is 5.02 Å². The van der Waals surface area contributed by atoms with E-state index in [9.17, 15) is 0 Å². The molecule has 3 nitrogen and oxygen atoms in total. The van der Waals surface area contributed by atoms with Gasteiger partial charge in [-0.2, -0.15) is 5.10 Å². The highest BCUT2D eigenvalue weighted by Crippen LogP contribution is 2.34. The summed E-state index contributed by atoms with van der Waals surface area (Å²) in [7, 11) is 6.14. The molecule has 0 saturated carbocycles. The lowest BCUT2D eigenvalue weighted by molar-refractivity contribution is 0.414. The van der Waals surface area contributed by atoms with Crippen molar-refractivity contribution in [2.24, 2.45) is 7.05 Å². The number of hydrogen-bond acceptors (Lipinski definition) is 3. The Kier molecular flexibility index (Phi) is 4.52. The molecule has 0 saturated heterocycles. The van der Waals surface area contributed by atoms with Crippen LogP contribution >= 0.6 is 22.9 Å². The molecule has 0 atom stereocenters. The molecule has 5 heteroatoms. The fourth-order valence-corrected chi connectivity index (χ4v) is 4.12. The second-order valence-corrected chi connectivity index (χ2v) is 7.37. The van der Waals surface area contributed by atoms with Crippen molar-refractivity contribution in [2.45, 2.75) is 12.8 Å². The van der Waals surface area contributed by atoms with Gasteiger partial charge >= 0.3 is 0 Å². The summed E-state index contributed by atoms with van der Waals surface area (Å²) in [6.07, 6.45) is 3.73. The summed E-state index contributed by atoms with van der Waals surface area (Å²) < 4.78 is 3.13. The summed E-state index contributed by atoms with van der Waals surface area (Å²) in [6, 6.07) is 8.61. The molecule has 3 rings (SSSR count). The quantitative estimate of drug-likeness (QED) is 0.704. The Morgan fingerprint density at radius 3 is 2.73 bits per heavy atom. The van der Waals surface area contributed by atoms with Crippen molar-refractivity contribution in [2.75, 3.05) is 20.6 Å². The van der Waals surface area contributed by atoms with Gasteiger partial charge in [-0.15, -0.1) is 11.3 Å². The maximum atomic E-state index is 6.30. The molecule has 116 valence electrons. The van der Waals surface area contributed by atoms with Gasteiger partial charge in [0.05, 0.1) is 10.7 Å². The number of rotatable bonds is 5. The minimum atomic E-state index is 0.747. The maximum absolute atomic E-state index is 6.30. The fourth-order valence-electron chi connectivity index (χ4n) is 2.66. The molecule has 2 aromatic heterocycles. The molecule has 0 spiro atoms. The standard InChI is InChI=1S/C17H20ClN3S/c1-20(2)9-8-17-13(10-15-14(18)11-21(3)19-15)12-6-4-5-7-16(12)22-17/h4-7,11H,8-10H2,1-3H3. The normalized spacial score (nSPS) is 11.7. The minimum Gasteiger partial charge on any atom is -0.309 e. The Morgan fingerprint density at radius 2 is 2.05 bits per heavy atom. The van der Waals surface area contributed by atoms with E-state index >= 15 is 0 Å². The summed E-state index contributed by atoms with van der Waals surface area (Å²) in [5, 5.41) is 6.59. The fraction of sp³-hybridized carbons (Fsp3) is 0.353. The molecular weight excluding hydrogens is 314 g/mol. The van der Waals surface area contributed by atoms with Gasteiger partial charge in [-0.05, 0) is 37.5 Å². The van der Waals surface area contributed by atoms with E-state index in [2.05, 4.69) is 48.4 Å². The average Bonchev–Trinajstić information content (AvgIpc) is 2.98. The predicted molar refractivity (Wildman–Crippen MR) is 95.1 cm³/mol. The van der Waals surface area contributed by atoms with E-state index in [-0.39, 0.29) is 0 Å². The second kappa shape index (κ2) is 6.41. The molecule has 2 heterocycles. The van der Waals surface area contributed by atoms with Crippen molar-refractivity contribution in [3.63, 3.8) is 0 Å². The largest absolute Gasteiger partial charge is 0.309 e. The van der Waals surface area contributed by atoms with E-state index in [1.54, 1.807) is 4.68 Å². The van der Waals surface area contributed by atoms with Crippen molar-refractivity contribution in [3.8, 4) is 0 Å². The molecule has 0 radical (unpaired) electrons. The third-order valence-electron chi connectivity index (χ3n) is 3.77. The van der Waals surface area contributed by atoms with Crippen LogP contribution in [-0.4, -0.2) is 35.3 Å². The van der Waals surface area contributed by atoms with Crippen LogP contribution in [0.5, 0.6) is 0 Å². The van der Waals surface area contributed by atoms with E-state index < -0.39 is 0 Å². The zero-order chi connectivity index (χ0) is 15.7. The molecule has 0 N–H and O–H groups in total. The summed E-state index contributed by atoms with van der Waals surface area (Å²) >= 11 is 8.20. The Balaban J connectivity index is 2.01. The molecule has 22 heavy (non-hydrogen) atoms. The van der Waals surface area contributed by atoms with Gasteiger partial charge in [-0.3, -0.25) is 4.68 Å². The number of halogens is 1. The number of aromatic nitrogens is 2. The average molecular weight is 334 g/mol. The maximum Gasteiger partial charge on any atom is 0.0855 e. The number of nitrogens with zero attached hydrogens (tertiary/aromatic N) is 3. The molecule has 0 amide bonds. The first-order chi connectivity index (χ1) is 10.5. The summed E-state index contributed by atoms with van der Waals surface area (Å²) in [4.78, 5) is 3.67. The number of likely N-dealkylation sites (N-methyl/N-ethyl adjacent to an activating group) is 1. The molecule has 0 unspecified atom stereocenters. The summed E-state index contributed by atoms with van der Waals surface area (Å²) in [5.74, 6) is 0. The molecule has 3 aromatic rings. The van der Waals surface area contributed by atoms with E-state index in [1.165, 1.54) is 20.5 Å². The molecule has 0 aliphatic heterocycles. The Morgan fingerprint density at radius 1 is 1.27 bits per heavy atom. The third kappa shape index (κ3) is 3.19. The third-order valence-corrected chi connectivity index (χ3v) is 5.36. The highest BCUT2D eigenvalue weighted by atomic mass is 35.5. The van der Waals surface area contributed by atoms with Crippen LogP contribution in [0.1, 0.15) is 16.1 Å². The number of hydrogen-bond donors (Lipinski definition) is 0.